The number of sulfonamides is 2. The van der Waals surface area contributed by atoms with Gasteiger partial charge in [0, 0.05) is 15.7 Å². The van der Waals surface area contributed by atoms with Crippen LogP contribution in [0.2, 0.25) is 0 Å². The Labute approximate surface area is 225 Å². The molecule has 0 saturated heterocycles. The van der Waals surface area contributed by atoms with Crippen LogP contribution in [0.25, 0.3) is 0 Å². The molecule has 0 aromatic heterocycles. The summed E-state index contributed by atoms with van der Waals surface area (Å²) in [5.74, 6) is -5.17. The van der Waals surface area contributed by atoms with Crippen LogP contribution in [0.3, 0.4) is 0 Å². The lowest BCUT2D eigenvalue weighted by Crippen LogP contribution is -2.23. The van der Waals surface area contributed by atoms with Crippen molar-refractivity contribution in [2.24, 2.45) is 0 Å². The number of hydrogen-bond acceptors (Lipinski definition) is 7. The summed E-state index contributed by atoms with van der Waals surface area (Å²) in [7, 11) is -8.13. The third kappa shape index (κ3) is 8.16. The largest absolute Gasteiger partial charge is 0.480 e. The van der Waals surface area contributed by atoms with Crippen LogP contribution in [-0.4, -0.2) is 39.4 Å². The topological polar surface area (TPSA) is 151 Å². The fraction of sp³-hybridized carbons (Fsp3) is 0.136. The van der Waals surface area contributed by atoms with Crippen LogP contribution >= 0.6 is 22.6 Å². The molecule has 0 saturated carbocycles. The number of anilines is 4. The van der Waals surface area contributed by atoms with Crippen LogP contribution in [-0.2, 0) is 24.8 Å². The smallest absolute Gasteiger partial charge is 0.320 e. The van der Waals surface area contributed by atoms with Crippen LogP contribution in [0.4, 0.5) is 31.5 Å². The molecule has 3 aromatic carbocycles. The van der Waals surface area contributed by atoms with Gasteiger partial charge in [-0.25, -0.2) is 25.6 Å². The predicted molar refractivity (Wildman–Crippen MR) is 143 cm³/mol. The molecule has 37 heavy (non-hydrogen) atoms. The number of ether oxygens (including phenoxy) is 1. The molecular formula is C22H20F2IN3O7S2. The molecule has 0 bridgehead atoms. The van der Waals surface area contributed by atoms with E-state index in [-0.39, 0.29) is 28.6 Å². The SMILES string of the molecule is CCS(=O)(=O)Nc1cccc(Oc2cc(F)cc(Nc3ccc(I)cc3F)c2NS(=O)(=O)CC(=O)O)c1. The molecule has 0 heterocycles. The van der Waals surface area contributed by atoms with Gasteiger partial charge in [-0.3, -0.25) is 14.2 Å². The van der Waals surface area contributed by atoms with E-state index in [1.807, 2.05) is 27.3 Å². The lowest BCUT2D eigenvalue weighted by molar-refractivity contribution is -0.134. The molecule has 10 nitrogen and oxygen atoms in total. The van der Waals surface area contributed by atoms with Gasteiger partial charge in [-0.15, -0.1) is 0 Å². The van der Waals surface area contributed by atoms with Crippen molar-refractivity contribution in [1.29, 1.82) is 0 Å². The van der Waals surface area contributed by atoms with Gasteiger partial charge in [-0.2, -0.15) is 0 Å². The van der Waals surface area contributed by atoms with E-state index in [4.69, 9.17) is 9.84 Å². The van der Waals surface area contributed by atoms with Gasteiger partial charge >= 0.3 is 5.97 Å². The maximum Gasteiger partial charge on any atom is 0.320 e. The number of carboxylic acid groups (broad SMARTS) is 1. The molecule has 0 spiro atoms. The summed E-state index contributed by atoms with van der Waals surface area (Å²) in [5.41, 5.74) is -0.665. The molecule has 0 unspecified atom stereocenters. The molecule has 0 amide bonds. The van der Waals surface area contributed by atoms with Crippen LogP contribution in [0.5, 0.6) is 11.5 Å². The molecule has 0 radical (unpaired) electrons. The van der Waals surface area contributed by atoms with E-state index in [2.05, 4.69) is 10.0 Å². The van der Waals surface area contributed by atoms with E-state index in [0.717, 1.165) is 12.1 Å². The monoisotopic (exact) mass is 667 g/mol. The van der Waals surface area contributed by atoms with Crippen molar-refractivity contribution in [2.45, 2.75) is 6.92 Å². The Morgan fingerprint density at radius 3 is 2.35 bits per heavy atom. The van der Waals surface area contributed by atoms with E-state index in [0.29, 0.717) is 3.57 Å². The van der Waals surface area contributed by atoms with Gasteiger partial charge in [-0.1, -0.05) is 6.07 Å². The fourth-order valence-corrected chi connectivity index (χ4v) is 4.96. The van der Waals surface area contributed by atoms with E-state index in [9.17, 15) is 30.4 Å². The third-order valence-electron chi connectivity index (χ3n) is 4.55. The minimum absolute atomic E-state index is 0.00743. The van der Waals surface area contributed by atoms with E-state index in [1.54, 1.807) is 6.07 Å². The van der Waals surface area contributed by atoms with E-state index < -0.39 is 54.8 Å². The van der Waals surface area contributed by atoms with Crippen molar-refractivity contribution < 1.29 is 40.3 Å². The molecule has 0 aliphatic rings. The molecule has 15 heteroatoms. The summed E-state index contributed by atoms with van der Waals surface area (Å²) in [6, 6.07) is 11.4. The molecule has 0 aliphatic carbocycles. The van der Waals surface area contributed by atoms with Gasteiger partial charge in [0.25, 0.3) is 0 Å². The zero-order chi connectivity index (χ0) is 27.4. The van der Waals surface area contributed by atoms with Crippen LogP contribution < -0.4 is 19.5 Å². The lowest BCUT2D eigenvalue weighted by atomic mass is 10.2. The van der Waals surface area contributed by atoms with Crippen molar-refractivity contribution in [3.8, 4) is 11.5 Å². The standard InChI is InChI=1S/C22H20F2IN3O7S2/c1-2-36(31,32)27-15-4-3-5-16(11-15)35-20-9-13(23)8-19(22(20)28-37(33,34)12-21(29)30)26-18-7-6-14(25)10-17(18)24/h3-11,26-28H,2,12H2,1H3,(H,29,30). The fourth-order valence-electron chi connectivity index (χ4n) is 2.96. The normalized spacial score (nSPS) is 11.6. The second-order valence-electron chi connectivity index (χ2n) is 7.47. The number of hydrogen-bond donors (Lipinski definition) is 4. The zero-order valence-corrected chi connectivity index (χ0v) is 22.7. The van der Waals surface area contributed by atoms with Crippen LogP contribution in [0.15, 0.2) is 54.6 Å². The number of aliphatic carboxylic acids is 1. The Hall–Kier alpha value is -3.18. The highest BCUT2D eigenvalue weighted by Crippen LogP contribution is 2.40. The van der Waals surface area contributed by atoms with E-state index >= 15 is 0 Å². The molecule has 0 fully saturated rings. The Balaban J connectivity index is 2.09. The Bertz CT molecular complexity index is 1550. The molecule has 3 rings (SSSR count). The van der Waals surface area contributed by atoms with Gasteiger partial charge in [0.15, 0.2) is 11.5 Å². The first-order valence-electron chi connectivity index (χ1n) is 10.3. The Kier molecular flexibility index (Phi) is 8.80. The minimum atomic E-state index is -4.51. The van der Waals surface area contributed by atoms with Gasteiger partial charge < -0.3 is 15.2 Å². The average molecular weight is 667 g/mol. The predicted octanol–water partition coefficient (Wildman–Crippen LogP) is 4.69. The molecule has 3 aromatic rings. The minimum Gasteiger partial charge on any atom is -0.480 e. The maximum absolute atomic E-state index is 14.6. The quantitative estimate of drug-likeness (QED) is 0.215. The first-order valence-corrected chi connectivity index (χ1v) is 14.7. The van der Waals surface area contributed by atoms with Gasteiger partial charge in [0.05, 0.1) is 22.8 Å². The number of carbonyl (C=O) groups is 1. The molecule has 198 valence electrons. The van der Waals surface area contributed by atoms with Crippen LogP contribution in [0, 0.1) is 15.2 Å². The summed E-state index contributed by atoms with van der Waals surface area (Å²) < 4.78 is 88.3. The van der Waals surface area contributed by atoms with Crippen molar-refractivity contribution in [3.63, 3.8) is 0 Å². The second-order valence-corrected chi connectivity index (χ2v) is 12.4. The Morgan fingerprint density at radius 1 is 0.973 bits per heavy atom. The summed E-state index contributed by atoms with van der Waals surface area (Å²) in [5, 5.41) is 11.6. The molecule has 4 N–H and O–H groups in total. The number of benzene rings is 3. The maximum atomic E-state index is 14.6. The average Bonchev–Trinajstić information content (AvgIpc) is 2.77. The zero-order valence-electron chi connectivity index (χ0n) is 19.0. The first-order chi connectivity index (χ1) is 17.3. The molecule has 0 atom stereocenters. The van der Waals surface area contributed by atoms with Crippen LogP contribution in [0.1, 0.15) is 6.92 Å². The first kappa shape index (κ1) is 28.4. The second kappa shape index (κ2) is 11.5. The number of carboxylic acids is 1. The number of rotatable bonds is 11. The van der Waals surface area contributed by atoms with Crippen molar-refractivity contribution in [3.05, 3.63) is 69.8 Å². The van der Waals surface area contributed by atoms with Crippen molar-refractivity contribution in [2.75, 3.05) is 26.3 Å². The Morgan fingerprint density at radius 2 is 1.70 bits per heavy atom. The number of halogens is 3. The highest BCUT2D eigenvalue weighted by molar-refractivity contribution is 14.1. The highest BCUT2D eigenvalue weighted by atomic mass is 127. The van der Waals surface area contributed by atoms with E-state index in [1.165, 1.54) is 43.3 Å². The van der Waals surface area contributed by atoms with Gasteiger partial charge in [-0.05, 0) is 65.9 Å². The third-order valence-corrected chi connectivity index (χ3v) is 7.67. The lowest BCUT2D eigenvalue weighted by Gasteiger charge is -2.19. The van der Waals surface area contributed by atoms with Crippen molar-refractivity contribution >= 4 is 71.4 Å². The summed E-state index contributed by atoms with van der Waals surface area (Å²) >= 11 is 1.89. The molecule has 0 aliphatic heterocycles. The van der Waals surface area contributed by atoms with Crippen molar-refractivity contribution in [1.82, 2.24) is 0 Å². The van der Waals surface area contributed by atoms with Gasteiger partial charge in [0.2, 0.25) is 20.0 Å². The highest BCUT2D eigenvalue weighted by Gasteiger charge is 2.23. The van der Waals surface area contributed by atoms with Gasteiger partial charge in [0.1, 0.15) is 23.1 Å². The summed E-state index contributed by atoms with van der Waals surface area (Å²) in [4.78, 5) is 11.0. The summed E-state index contributed by atoms with van der Waals surface area (Å²) in [6.07, 6.45) is 0. The molecular weight excluding hydrogens is 647 g/mol. The summed E-state index contributed by atoms with van der Waals surface area (Å²) in [6.45, 7) is 1.44. The number of nitrogens with one attached hydrogen (secondary N) is 3.